The fourth-order valence-electron chi connectivity index (χ4n) is 3.57. The van der Waals surface area contributed by atoms with Crippen molar-refractivity contribution < 1.29 is 14.1 Å². The summed E-state index contributed by atoms with van der Waals surface area (Å²) in [5.74, 6) is 2.16. The monoisotopic (exact) mass is 462 g/mol. The molecule has 0 saturated heterocycles. The third kappa shape index (κ3) is 5.40. The maximum Gasteiger partial charge on any atom is 0.272 e. The Labute approximate surface area is 195 Å². The molecular formula is C24H26N6O4. The van der Waals surface area contributed by atoms with E-state index in [-0.39, 0.29) is 17.9 Å². The minimum atomic E-state index is -0.205. The third-order valence-electron chi connectivity index (χ3n) is 5.37. The summed E-state index contributed by atoms with van der Waals surface area (Å²) >= 11 is 0. The van der Waals surface area contributed by atoms with Gasteiger partial charge in [-0.2, -0.15) is 10.1 Å². The van der Waals surface area contributed by atoms with E-state index in [1.165, 1.54) is 0 Å². The topological polar surface area (TPSA) is 135 Å². The Hall–Kier alpha value is -4.21. The van der Waals surface area contributed by atoms with Crippen molar-refractivity contribution in [3.05, 3.63) is 64.3 Å². The summed E-state index contributed by atoms with van der Waals surface area (Å²) in [6.45, 7) is 3.00. The van der Waals surface area contributed by atoms with Gasteiger partial charge in [0.15, 0.2) is 5.82 Å². The zero-order valence-corrected chi connectivity index (χ0v) is 19.1. The zero-order valence-electron chi connectivity index (χ0n) is 19.1. The lowest BCUT2D eigenvalue weighted by Crippen LogP contribution is -2.26. The van der Waals surface area contributed by atoms with Gasteiger partial charge in [0.2, 0.25) is 17.6 Å². The minimum absolute atomic E-state index is 0.0903. The molecule has 3 N–H and O–H groups in total. The SMILES string of the molecule is COc1ccc(-c2noc(CCC(=O)NCCCNc3n[nH]c(=O)c4c(C)cccc34)n2)cc1. The Kier molecular flexibility index (Phi) is 7.16. The third-order valence-corrected chi connectivity index (χ3v) is 5.37. The lowest BCUT2D eigenvalue weighted by Gasteiger charge is -2.09. The number of anilines is 1. The van der Waals surface area contributed by atoms with E-state index in [0.717, 1.165) is 22.3 Å². The number of hydrogen-bond acceptors (Lipinski definition) is 8. The number of benzene rings is 2. The van der Waals surface area contributed by atoms with Crippen LogP contribution in [-0.4, -0.2) is 46.4 Å². The molecule has 2 aromatic heterocycles. The van der Waals surface area contributed by atoms with Crippen LogP contribution >= 0.6 is 0 Å². The Balaban J connectivity index is 1.20. The Bertz CT molecular complexity index is 1330. The van der Waals surface area contributed by atoms with Crippen LogP contribution in [0.25, 0.3) is 22.2 Å². The number of ether oxygens (including phenoxy) is 1. The number of fused-ring (bicyclic) bond motifs is 1. The average Bonchev–Trinajstić information content (AvgIpc) is 3.33. The van der Waals surface area contributed by atoms with Gasteiger partial charge in [0, 0.05) is 36.9 Å². The van der Waals surface area contributed by atoms with Gasteiger partial charge in [-0.15, -0.1) is 0 Å². The number of aryl methyl sites for hydroxylation is 2. The smallest absolute Gasteiger partial charge is 0.272 e. The van der Waals surface area contributed by atoms with E-state index in [9.17, 15) is 9.59 Å². The number of aromatic amines is 1. The van der Waals surface area contributed by atoms with Crippen molar-refractivity contribution in [1.82, 2.24) is 25.7 Å². The first-order chi connectivity index (χ1) is 16.5. The van der Waals surface area contributed by atoms with E-state index < -0.39 is 0 Å². The summed E-state index contributed by atoms with van der Waals surface area (Å²) in [7, 11) is 1.61. The summed E-state index contributed by atoms with van der Waals surface area (Å²) in [6.07, 6.45) is 1.31. The van der Waals surface area contributed by atoms with Crippen molar-refractivity contribution in [2.24, 2.45) is 0 Å². The molecule has 0 bridgehead atoms. The summed E-state index contributed by atoms with van der Waals surface area (Å²) in [6, 6.07) is 13.0. The number of H-pyrrole nitrogens is 1. The number of carbonyl (C=O) groups excluding carboxylic acids is 1. The van der Waals surface area contributed by atoms with Crippen molar-refractivity contribution in [2.75, 3.05) is 25.5 Å². The van der Waals surface area contributed by atoms with Crippen LogP contribution in [0, 0.1) is 6.92 Å². The highest BCUT2D eigenvalue weighted by atomic mass is 16.5. The summed E-state index contributed by atoms with van der Waals surface area (Å²) in [5, 5.41) is 18.1. The van der Waals surface area contributed by atoms with Crippen LogP contribution in [0.5, 0.6) is 5.75 Å². The molecule has 0 fully saturated rings. The molecule has 0 aliphatic carbocycles. The number of methoxy groups -OCH3 is 1. The molecule has 2 heterocycles. The number of hydrogen-bond donors (Lipinski definition) is 3. The van der Waals surface area contributed by atoms with Gasteiger partial charge in [-0.1, -0.05) is 23.4 Å². The van der Waals surface area contributed by atoms with Crippen LogP contribution in [0.4, 0.5) is 5.82 Å². The van der Waals surface area contributed by atoms with Crippen LogP contribution in [0.15, 0.2) is 51.8 Å². The van der Waals surface area contributed by atoms with Gasteiger partial charge in [-0.05, 0) is 43.2 Å². The van der Waals surface area contributed by atoms with E-state index in [1.54, 1.807) is 7.11 Å². The van der Waals surface area contributed by atoms with Crippen molar-refractivity contribution >= 4 is 22.5 Å². The number of rotatable bonds is 10. The maximum absolute atomic E-state index is 12.2. The fourth-order valence-corrected chi connectivity index (χ4v) is 3.57. The number of nitrogens with zero attached hydrogens (tertiary/aromatic N) is 3. The highest BCUT2D eigenvalue weighted by Gasteiger charge is 2.11. The van der Waals surface area contributed by atoms with Gasteiger partial charge < -0.3 is 19.9 Å². The molecule has 2 aromatic carbocycles. The van der Waals surface area contributed by atoms with E-state index in [2.05, 4.69) is 31.0 Å². The lowest BCUT2D eigenvalue weighted by atomic mass is 10.1. The highest BCUT2D eigenvalue weighted by Crippen LogP contribution is 2.21. The average molecular weight is 463 g/mol. The fraction of sp³-hybridized carbons (Fsp3) is 0.292. The van der Waals surface area contributed by atoms with Gasteiger partial charge in [-0.25, -0.2) is 5.10 Å². The molecule has 10 nitrogen and oxygen atoms in total. The van der Waals surface area contributed by atoms with Gasteiger partial charge in [-0.3, -0.25) is 9.59 Å². The molecular weight excluding hydrogens is 436 g/mol. The van der Waals surface area contributed by atoms with Crippen molar-refractivity contribution in [3.8, 4) is 17.1 Å². The Morgan fingerprint density at radius 3 is 2.76 bits per heavy atom. The second-order valence-corrected chi connectivity index (χ2v) is 7.77. The maximum atomic E-state index is 12.2. The molecule has 0 spiro atoms. The molecule has 0 radical (unpaired) electrons. The van der Waals surface area contributed by atoms with Crippen molar-refractivity contribution in [1.29, 1.82) is 0 Å². The van der Waals surface area contributed by atoms with Gasteiger partial charge >= 0.3 is 0 Å². The van der Waals surface area contributed by atoms with Crippen LogP contribution in [0.2, 0.25) is 0 Å². The summed E-state index contributed by atoms with van der Waals surface area (Å²) < 4.78 is 10.4. The first kappa shape index (κ1) is 23.0. The zero-order chi connectivity index (χ0) is 23.9. The molecule has 0 aliphatic heterocycles. The van der Waals surface area contributed by atoms with E-state index in [0.29, 0.717) is 48.9 Å². The predicted octanol–water partition coefficient (Wildman–Crippen LogP) is 2.84. The lowest BCUT2D eigenvalue weighted by molar-refractivity contribution is -0.121. The molecule has 0 aliphatic rings. The van der Waals surface area contributed by atoms with E-state index >= 15 is 0 Å². The second kappa shape index (κ2) is 10.6. The van der Waals surface area contributed by atoms with Crippen molar-refractivity contribution in [3.63, 3.8) is 0 Å². The van der Waals surface area contributed by atoms with Crippen molar-refractivity contribution in [2.45, 2.75) is 26.2 Å². The molecule has 10 heteroatoms. The van der Waals surface area contributed by atoms with Crippen LogP contribution in [-0.2, 0) is 11.2 Å². The van der Waals surface area contributed by atoms with Crippen LogP contribution in [0.3, 0.4) is 0 Å². The van der Waals surface area contributed by atoms with Gasteiger partial charge in [0.05, 0.1) is 12.5 Å². The number of carbonyl (C=O) groups is 1. The quantitative estimate of drug-likeness (QED) is 0.306. The first-order valence-electron chi connectivity index (χ1n) is 11.0. The number of amides is 1. The molecule has 34 heavy (non-hydrogen) atoms. The van der Waals surface area contributed by atoms with Gasteiger partial charge in [0.1, 0.15) is 5.75 Å². The van der Waals surface area contributed by atoms with E-state index in [4.69, 9.17) is 9.26 Å². The molecule has 0 atom stereocenters. The normalized spacial score (nSPS) is 10.9. The number of nitrogens with one attached hydrogen (secondary N) is 3. The molecule has 176 valence electrons. The summed E-state index contributed by atoms with van der Waals surface area (Å²) in [4.78, 5) is 28.6. The molecule has 0 unspecified atom stereocenters. The summed E-state index contributed by atoms with van der Waals surface area (Å²) in [5.41, 5.74) is 1.50. The Morgan fingerprint density at radius 1 is 1.15 bits per heavy atom. The molecule has 0 saturated carbocycles. The Morgan fingerprint density at radius 2 is 1.97 bits per heavy atom. The predicted molar refractivity (Wildman–Crippen MR) is 128 cm³/mol. The minimum Gasteiger partial charge on any atom is -0.497 e. The van der Waals surface area contributed by atoms with Crippen LogP contribution < -0.4 is 20.9 Å². The van der Waals surface area contributed by atoms with Gasteiger partial charge in [0.25, 0.3) is 5.56 Å². The highest BCUT2D eigenvalue weighted by molar-refractivity contribution is 5.92. The largest absolute Gasteiger partial charge is 0.497 e. The molecule has 1 amide bonds. The molecule has 4 rings (SSSR count). The van der Waals surface area contributed by atoms with E-state index in [1.807, 2.05) is 49.4 Å². The van der Waals surface area contributed by atoms with Crippen LogP contribution in [0.1, 0.15) is 24.3 Å². The number of aromatic nitrogens is 4. The molecule has 4 aromatic rings. The first-order valence-corrected chi connectivity index (χ1v) is 11.0. The standard InChI is InChI=1S/C24H26N6O4/c1-15-5-3-6-18-21(15)24(32)29-28-23(18)26-14-4-13-25-19(31)11-12-20-27-22(30-34-20)16-7-9-17(33-2)10-8-16/h3,5-10H,4,11-14H2,1-2H3,(H,25,31)(H,26,28)(H,29,32). The second-order valence-electron chi connectivity index (χ2n) is 7.77.